The molecule has 0 aliphatic carbocycles. The molecule has 0 amide bonds. The van der Waals surface area contributed by atoms with Gasteiger partial charge in [-0.2, -0.15) is 4.98 Å². The maximum atomic E-state index is 10.5. The van der Waals surface area contributed by atoms with E-state index in [2.05, 4.69) is 25.0 Å². The van der Waals surface area contributed by atoms with Crippen molar-refractivity contribution in [2.45, 2.75) is 13.5 Å². The fourth-order valence-corrected chi connectivity index (χ4v) is 1.28. The predicted octanol–water partition coefficient (Wildman–Crippen LogP) is 1.29. The first-order valence-electron chi connectivity index (χ1n) is 4.77. The van der Waals surface area contributed by atoms with Gasteiger partial charge in [-0.1, -0.05) is 5.16 Å². The summed E-state index contributed by atoms with van der Waals surface area (Å²) in [5.41, 5.74) is 0.648. The second kappa shape index (κ2) is 4.56. The van der Waals surface area contributed by atoms with Crippen LogP contribution in [0.2, 0.25) is 0 Å². The highest BCUT2D eigenvalue weighted by atomic mass is 16.6. The average Bonchev–Trinajstić information content (AvgIpc) is 2.80. The van der Waals surface area contributed by atoms with Gasteiger partial charge in [0.05, 0.1) is 11.5 Å². The molecule has 0 aliphatic rings. The van der Waals surface area contributed by atoms with Crippen LogP contribution in [0.3, 0.4) is 0 Å². The van der Waals surface area contributed by atoms with Crippen LogP contribution in [0, 0.1) is 17.0 Å². The lowest BCUT2D eigenvalue weighted by atomic mass is 10.2. The molecule has 0 aliphatic heterocycles. The molecule has 0 radical (unpaired) electrons. The molecule has 0 spiro atoms. The van der Waals surface area contributed by atoms with E-state index in [1.54, 1.807) is 6.92 Å². The van der Waals surface area contributed by atoms with Crippen LogP contribution in [0.5, 0.6) is 0 Å². The molecule has 8 heteroatoms. The van der Waals surface area contributed by atoms with Gasteiger partial charge in [0.2, 0.25) is 6.39 Å². The van der Waals surface area contributed by atoms with Crippen molar-refractivity contribution in [2.24, 2.45) is 0 Å². The van der Waals surface area contributed by atoms with E-state index in [1.165, 1.54) is 18.7 Å². The van der Waals surface area contributed by atoms with Crippen molar-refractivity contribution in [3.63, 3.8) is 0 Å². The minimum absolute atomic E-state index is 0.0346. The van der Waals surface area contributed by atoms with E-state index >= 15 is 0 Å². The van der Waals surface area contributed by atoms with Crippen LogP contribution >= 0.6 is 0 Å². The lowest BCUT2D eigenvalue weighted by Crippen LogP contribution is -2.05. The Hall–Kier alpha value is -2.51. The zero-order chi connectivity index (χ0) is 12.3. The van der Waals surface area contributed by atoms with Crippen molar-refractivity contribution < 1.29 is 9.45 Å². The van der Waals surface area contributed by atoms with Crippen LogP contribution in [-0.4, -0.2) is 20.0 Å². The highest BCUT2D eigenvalue weighted by molar-refractivity contribution is 5.48. The first-order chi connectivity index (χ1) is 8.16. The number of pyridine rings is 1. The van der Waals surface area contributed by atoms with E-state index < -0.39 is 4.92 Å². The Bertz CT molecular complexity index is 525. The summed E-state index contributed by atoms with van der Waals surface area (Å²) in [7, 11) is 0. The summed E-state index contributed by atoms with van der Waals surface area (Å²) in [5, 5.41) is 17.1. The molecule has 0 saturated heterocycles. The first kappa shape index (κ1) is 11.0. The van der Waals surface area contributed by atoms with Gasteiger partial charge in [-0.05, 0) is 12.5 Å². The summed E-state index contributed by atoms with van der Waals surface area (Å²) in [6.45, 7) is 2.08. The summed E-state index contributed by atoms with van der Waals surface area (Å²) in [6.07, 6.45) is 2.43. The van der Waals surface area contributed by atoms with Gasteiger partial charge in [0.15, 0.2) is 5.82 Å². The molecule has 0 fully saturated rings. The highest BCUT2D eigenvalue weighted by Crippen LogP contribution is 2.18. The number of nitro groups is 1. The van der Waals surface area contributed by atoms with Crippen LogP contribution < -0.4 is 5.32 Å². The van der Waals surface area contributed by atoms with E-state index in [-0.39, 0.29) is 5.69 Å². The number of anilines is 1. The molecule has 17 heavy (non-hydrogen) atoms. The molecule has 0 aromatic carbocycles. The minimum Gasteiger partial charge on any atom is -0.362 e. The number of hydrogen-bond acceptors (Lipinski definition) is 7. The maximum absolute atomic E-state index is 10.5. The molecule has 88 valence electrons. The Balaban J connectivity index is 2.09. The topological polar surface area (TPSA) is 107 Å². The lowest BCUT2D eigenvalue weighted by Gasteiger charge is -2.05. The summed E-state index contributed by atoms with van der Waals surface area (Å²) < 4.78 is 4.57. The molecule has 1 N–H and O–H groups in total. The fourth-order valence-electron chi connectivity index (χ4n) is 1.28. The summed E-state index contributed by atoms with van der Waals surface area (Å²) in [5.74, 6) is 1.05. The molecule has 2 rings (SSSR count). The Morgan fingerprint density at radius 2 is 2.35 bits per heavy atom. The summed E-state index contributed by atoms with van der Waals surface area (Å²) in [6, 6.07) is 1.45. The zero-order valence-corrected chi connectivity index (χ0v) is 8.95. The molecule has 2 aromatic heterocycles. The predicted molar refractivity (Wildman–Crippen MR) is 57.3 cm³/mol. The number of nitrogens with zero attached hydrogens (tertiary/aromatic N) is 4. The van der Waals surface area contributed by atoms with Crippen molar-refractivity contribution in [3.05, 3.63) is 40.2 Å². The van der Waals surface area contributed by atoms with Crippen LogP contribution in [0.4, 0.5) is 11.5 Å². The summed E-state index contributed by atoms with van der Waals surface area (Å²) >= 11 is 0. The number of aryl methyl sites for hydroxylation is 1. The van der Waals surface area contributed by atoms with Crippen LogP contribution in [-0.2, 0) is 6.54 Å². The largest absolute Gasteiger partial charge is 0.362 e. The van der Waals surface area contributed by atoms with Gasteiger partial charge in [0.25, 0.3) is 5.69 Å². The Kier molecular flexibility index (Phi) is 2.95. The molecule has 0 bridgehead atoms. The fraction of sp³-hybridized carbons (Fsp3) is 0.222. The van der Waals surface area contributed by atoms with Crippen molar-refractivity contribution in [3.8, 4) is 0 Å². The van der Waals surface area contributed by atoms with Gasteiger partial charge in [-0.25, -0.2) is 4.98 Å². The van der Waals surface area contributed by atoms with Crippen LogP contribution in [0.1, 0.15) is 11.4 Å². The van der Waals surface area contributed by atoms with Gasteiger partial charge in [0, 0.05) is 6.07 Å². The first-order valence-corrected chi connectivity index (χ1v) is 4.77. The normalized spacial score (nSPS) is 10.2. The van der Waals surface area contributed by atoms with Crippen molar-refractivity contribution in [1.29, 1.82) is 0 Å². The highest BCUT2D eigenvalue weighted by Gasteiger charge is 2.09. The average molecular weight is 235 g/mol. The second-order valence-electron chi connectivity index (χ2n) is 3.32. The summed E-state index contributed by atoms with van der Waals surface area (Å²) in [4.78, 5) is 17.8. The van der Waals surface area contributed by atoms with Gasteiger partial charge in [-0.15, -0.1) is 0 Å². The van der Waals surface area contributed by atoms with Crippen LogP contribution in [0.15, 0.2) is 23.2 Å². The standard InChI is InChI=1S/C9H9N5O3/c1-6-2-7(14(15)16)3-10-9(6)11-4-8-12-5-17-13-8/h2-3,5H,4H2,1H3,(H,10,11). The van der Waals surface area contributed by atoms with Gasteiger partial charge in [0.1, 0.15) is 12.0 Å². The number of nitrogens with one attached hydrogen (secondary N) is 1. The van der Waals surface area contributed by atoms with Crippen molar-refractivity contribution in [2.75, 3.05) is 5.32 Å². The lowest BCUT2D eigenvalue weighted by molar-refractivity contribution is -0.385. The van der Waals surface area contributed by atoms with E-state index in [0.29, 0.717) is 23.8 Å². The van der Waals surface area contributed by atoms with E-state index in [4.69, 9.17) is 0 Å². The quantitative estimate of drug-likeness (QED) is 0.628. The zero-order valence-electron chi connectivity index (χ0n) is 8.95. The van der Waals surface area contributed by atoms with E-state index in [0.717, 1.165) is 0 Å². The molecule has 0 saturated carbocycles. The van der Waals surface area contributed by atoms with Crippen molar-refractivity contribution in [1.82, 2.24) is 15.1 Å². The second-order valence-corrected chi connectivity index (χ2v) is 3.32. The third kappa shape index (κ3) is 2.54. The SMILES string of the molecule is Cc1cc([N+](=O)[O-])cnc1NCc1ncon1. The number of aromatic nitrogens is 3. The third-order valence-corrected chi connectivity index (χ3v) is 2.10. The van der Waals surface area contributed by atoms with Crippen molar-refractivity contribution >= 4 is 11.5 Å². The van der Waals surface area contributed by atoms with Crippen LogP contribution in [0.25, 0.3) is 0 Å². The number of rotatable bonds is 4. The Morgan fingerprint density at radius 3 is 2.94 bits per heavy atom. The van der Waals surface area contributed by atoms with Gasteiger partial charge >= 0.3 is 0 Å². The molecule has 2 heterocycles. The molecular formula is C9H9N5O3. The maximum Gasteiger partial charge on any atom is 0.287 e. The molecule has 2 aromatic rings. The molecule has 0 atom stereocenters. The Labute approximate surface area is 95.8 Å². The van der Waals surface area contributed by atoms with E-state index in [9.17, 15) is 10.1 Å². The third-order valence-electron chi connectivity index (χ3n) is 2.10. The number of hydrogen-bond donors (Lipinski definition) is 1. The monoisotopic (exact) mass is 235 g/mol. The minimum atomic E-state index is -0.483. The van der Waals surface area contributed by atoms with Gasteiger partial charge in [-0.3, -0.25) is 10.1 Å². The molecule has 8 nitrogen and oxygen atoms in total. The van der Waals surface area contributed by atoms with E-state index in [1.807, 2.05) is 0 Å². The molecule has 0 unspecified atom stereocenters. The Morgan fingerprint density at radius 1 is 1.53 bits per heavy atom. The van der Waals surface area contributed by atoms with Gasteiger partial charge < -0.3 is 9.84 Å². The smallest absolute Gasteiger partial charge is 0.287 e. The molecular weight excluding hydrogens is 226 g/mol.